The molecule has 2 N–H and O–H groups in total. The molecule has 134 valence electrons. The number of hydrogen-bond donors (Lipinski definition) is 2. The van der Waals surface area contributed by atoms with Crippen molar-refractivity contribution in [3.05, 3.63) is 35.9 Å². The van der Waals surface area contributed by atoms with E-state index in [1.807, 2.05) is 0 Å². The van der Waals surface area contributed by atoms with Crippen LogP contribution in [0.15, 0.2) is 30.3 Å². The number of aliphatic hydroxyl groups excluding tert-OH is 2. The number of hydrogen-bond acceptors (Lipinski definition) is 6. The van der Waals surface area contributed by atoms with Gasteiger partial charge in [-0.15, -0.1) is 0 Å². The average Bonchev–Trinajstić information content (AvgIpc) is 2.53. The van der Waals surface area contributed by atoms with E-state index in [0.29, 0.717) is 12.2 Å². The minimum absolute atomic E-state index is 0.0574. The number of benzene rings is 1. The fourth-order valence-electron chi connectivity index (χ4n) is 2.28. The van der Waals surface area contributed by atoms with Crippen LogP contribution in [0.3, 0.4) is 0 Å². The lowest BCUT2D eigenvalue weighted by atomic mass is 10.1. The highest BCUT2D eigenvalue weighted by molar-refractivity contribution is 6.76. The van der Waals surface area contributed by atoms with Crippen LogP contribution in [0, 0.1) is 0 Å². The largest absolute Gasteiger partial charge is 0.450 e. The molecule has 0 aliphatic carbocycles. The summed E-state index contributed by atoms with van der Waals surface area (Å²) in [4.78, 5) is 12.2. The molecule has 2 rings (SSSR count). The Morgan fingerprint density at radius 2 is 1.92 bits per heavy atom. The molecule has 6 nitrogen and oxygen atoms in total. The Bertz CT molecular complexity index is 530. The Hall–Kier alpha value is -1.25. The zero-order valence-electron chi connectivity index (χ0n) is 14.3. The molecule has 1 heterocycles. The lowest BCUT2D eigenvalue weighted by Crippen LogP contribution is -2.55. The summed E-state index contributed by atoms with van der Waals surface area (Å²) >= 11 is 0. The van der Waals surface area contributed by atoms with Gasteiger partial charge in [-0.25, -0.2) is 4.79 Å². The van der Waals surface area contributed by atoms with Crippen molar-refractivity contribution >= 4 is 14.0 Å². The van der Waals surface area contributed by atoms with Gasteiger partial charge in [0.2, 0.25) is 0 Å². The zero-order chi connectivity index (χ0) is 17.7. The quantitative estimate of drug-likeness (QED) is 0.597. The molecule has 1 saturated heterocycles. The summed E-state index contributed by atoms with van der Waals surface area (Å²) in [5.74, 6) is -0.587. The third-order valence-electron chi connectivity index (χ3n) is 3.82. The fraction of sp³-hybridized carbons (Fsp3) is 0.588. The predicted octanol–water partition coefficient (Wildman–Crippen LogP) is 1.64. The summed E-state index contributed by atoms with van der Waals surface area (Å²) in [5, 5.41) is 20.0. The van der Waals surface area contributed by atoms with E-state index in [2.05, 4.69) is 19.6 Å². The molecule has 7 heteroatoms. The van der Waals surface area contributed by atoms with E-state index in [9.17, 15) is 15.0 Å². The van der Waals surface area contributed by atoms with Crippen molar-refractivity contribution in [1.82, 2.24) is 0 Å². The van der Waals surface area contributed by atoms with Crippen LogP contribution >= 0.6 is 0 Å². The maximum atomic E-state index is 12.2. The van der Waals surface area contributed by atoms with Gasteiger partial charge >= 0.3 is 5.97 Å². The first-order chi connectivity index (χ1) is 11.3. The lowest BCUT2D eigenvalue weighted by Gasteiger charge is -2.37. The van der Waals surface area contributed by atoms with Crippen LogP contribution in [0.4, 0.5) is 0 Å². The number of rotatable bonds is 6. The number of esters is 1. The second kappa shape index (κ2) is 8.22. The monoisotopic (exact) mass is 354 g/mol. The van der Waals surface area contributed by atoms with Crippen LogP contribution in [0.5, 0.6) is 0 Å². The van der Waals surface area contributed by atoms with Crippen molar-refractivity contribution in [3.63, 3.8) is 0 Å². The minimum atomic E-state index is -1.28. The van der Waals surface area contributed by atoms with Gasteiger partial charge in [0, 0.05) is 14.7 Å². The van der Waals surface area contributed by atoms with Crippen molar-refractivity contribution < 1.29 is 29.2 Å². The SMILES string of the molecule is C[Si](C)(C)CCO[C@@H]1OC[C@@H](O)[C@H](O)[C@H]1OC(=O)c1ccccc1. The van der Waals surface area contributed by atoms with Gasteiger partial charge in [0.05, 0.1) is 12.2 Å². The molecule has 0 bridgehead atoms. The molecule has 24 heavy (non-hydrogen) atoms. The van der Waals surface area contributed by atoms with Gasteiger partial charge in [0.1, 0.15) is 12.2 Å². The van der Waals surface area contributed by atoms with Crippen molar-refractivity contribution in [2.45, 2.75) is 50.3 Å². The Kier molecular flexibility index (Phi) is 6.53. The minimum Gasteiger partial charge on any atom is -0.450 e. The van der Waals surface area contributed by atoms with E-state index in [0.717, 1.165) is 6.04 Å². The fourth-order valence-corrected chi connectivity index (χ4v) is 3.01. The highest BCUT2D eigenvalue weighted by atomic mass is 28.3. The van der Waals surface area contributed by atoms with Crippen molar-refractivity contribution in [3.8, 4) is 0 Å². The third-order valence-corrected chi connectivity index (χ3v) is 5.52. The summed E-state index contributed by atoms with van der Waals surface area (Å²) in [6.07, 6.45) is -4.31. The lowest BCUT2D eigenvalue weighted by molar-refractivity contribution is -0.267. The number of ether oxygens (including phenoxy) is 3. The van der Waals surface area contributed by atoms with Gasteiger partial charge in [0.25, 0.3) is 0 Å². The standard InChI is InChI=1S/C17H26O6Si/c1-24(2,3)10-9-21-17-15(14(19)13(18)11-22-17)23-16(20)12-7-5-4-6-8-12/h4-8,13-15,17-19H,9-11H2,1-3H3/t13-,14+,15-,17-/m1/s1. The van der Waals surface area contributed by atoms with Crippen LogP contribution in [-0.2, 0) is 14.2 Å². The van der Waals surface area contributed by atoms with Crippen LogP contribution in [-0.4, -0.2) is 62.1 Å². The molecule has 0 amide bonds. The number of carbonyl (C=O) groups excluding carboxylic acids is 1. The maximum absolute atomic E-state index is 12.2. The topological polar surface area (TPSA) is 85.2 Å². The second-order valence-electron chi connectivity index (χ2n) is 7.18. The highest BCUT2D eigenvalue weighted by Crippen LogP contribution is 2.22. The Morgan fingerprint density at radius 1 is 1.25 bits per heavy atom. The molecule has 1 fully saturated rings. The summed E-state index contributed by atoms with van der Waals surface area (Å²) in [5.41, 5.74) is 0.366. The Labute approximate surface area is 143 Å². The second-order valence-corrected chi connectivity index (χ2v) is 12.8. The maximum Gasteiger partial charge on any atom is 0.338 e. The summed E-state index contributed by atoms with van der Waals surface area (Å²) in [7, 11) is -1.28. The molecule has 1 aliphatic heterocycles. The van der Waals surface area contributed by atoms with Gasteiger partial charge in [0.15, 0.2) is 12.4 Å². The molecule has 1 aromatic rings. The van der Waals surface area contributed by atoms with Crippen LogP contribution in [0.1, 0.15) is 10.4 Å². The van der Waals surface area contributed by atoms with E-state index in [4.69, 9.17) is 14.2 Å². The number of aliphatic hydroxyl groups is 2. The van der Waals surface area contributed by atoms with Crippen molar-refractivity contribution in [2.75, 3.05) is 13.2 Å². The van der Waals surface area contributed by atoms with E-state index in [1.165, 1.54) is 0 Å². The molecule has 1 aromatic carbocycles. The Balaban J connectivity index is 2.01. The first-order valence-corrected chi connectivity index (χ1v) is 11.8. The van der Waals surface area contributed by atoms with E-state index >= 15 is 0 Å². The van der Waals surface area contributed by atoms with Gasteiger partial charge in [-0.2, -0.15) is 0 Å². The van der Waals surface area contributed by atoms with E-state index in [-0.39, 0.29) is 6.61 Å². The first-order valence-electron chi connectivity index (χ1n) is 8.13. The molecule has 0 aromatic heterocycles. The first kappa shape index (κ1) is 19.1. The smallest absolute Gasteiger partial charge is 0.338 e. The molecule has 0 spiro atoms. The van der Waals surface area contributed by atoms with Crippen molar-refractivity contribution in [2.24, 2.45) is 0 Å². The Morgan fingerprint density at radius 3 is 2.54 bits per heavy atom. The molecular weight excluding hydrogens is 328 g/mol. The summed E-state index contributed by atoms with van der Waals surface area (Å²) in [6.45, 7) is 7.08. The van der Waals surface area contributed by atoms with E-state index < -0.39 is 38.6 Å². The normalized spacial score (nSPS) is 27.7. The highest BCUT2D eigenvalue weighted by Gasteiger charge is 2.42. The molecule has 0 radical (unpaired) electrons. The average molecular weight is 354 g/mol. The van der Waals surface area contributed by atoms with Gasteiger partial charge < -0.3 is 24.4 Å². The zero-order valence-corrected chi connectivity index (χ0v) is 15.3. The molecule has 1 aliphatic rings. The van der Waals surface area contributed by atoms with Gasteiger partial charge in [-0.3, -0.25) is 0 Å². The van der Waals surface area contributed by atoms with Crippen LogP contribution in [0.2, 0.25) is 25.7 Å². The van der Waals surface area contributed by atoms with Gasteiger partial charge in [-0.1, -0.05) is 37.8 Å². The third kappa shape index (κ3) is 5.39. The predicted molar refractivity (Wildman–Crippen MR) is 91.5 cm³/mol. The van der Waals surface area contributed by atoms with Crippen molar-refractivity contribution in [1.29, 1.82) is 0 Å². The van der Waals surface area contributed by atoms with Crippen LogP contribution < -0.4 is 0 Å². The number of carbonyl (C=O) groups is 1. The molecule has 0 unspecified atom stereocenters. The van der Waals surface area contributed by atoms with Crippen LogP contribution in [0.25, 0.3) is 0 Å². The molecule has 4 atom stereocenters. The summed E-state index contributed by atoms with van der Waals surface area (Å²) in [6, 6.07) is 9.40. The summed E-state index contributed by atoms with van der Waals surface area (Å²) < 4.78 is 16.5. The van der Waals surface area contributed by atoms with E-state index in [1.54, 1.807) is 30.3 Å². The molecule has 0 saturated carbocycles. The molecular formula is C17H26O6Si. The van der Waals surface area contributed by atoms with Gasteiger partial charge in [-0.05, 0) is 18.2 Å².